The summed E-state index contributed by atoms with van der Waals surface area (Å²) in [6.45, 7) is 3.13. The topological polar surface area (TPSA) is 53.2 Å². The molecule has 0 atom stereocenters. The minimum atomic E-state index is -1.05. The molecular weight excluding hydrogens is 197 g/mol. The van der Waals surface area contributed by atoms with Gasteiger partial charge in [0.25, 0.3) is 0 Å². The van der Waals surface area contributed by atoms with E-state index in [4.69, 9.17) is 10.00 Å². The first kappa shape index (κ1) is 11.3. The van der Waals surface area contributed by atoms with Crippen LogP contribution in [0.3, 0.4) is 0 Å². The molecule has 1 rings (SSSR count). The van der Waals surface area contributed by atoms with Crippen LogP contribution in [0.4, 0.5) is 4.39 Å². The normalized spacial score (nSPS) is 10.9. The quantitative estimate of drug-likeness (QED) is 0.813. The standard InChI is InChI=1S/C11H12FNO2/c1-11(2,6-13)9-8(15-3)5-4-7(14)10(9)12/h4-5,14H,1-3H3. The molecular formula is C11H12FNO2. The van der Waals surface area contributed by atoms with E-state index in [0.717, 1.165) is 0 Å². The van der Waals surface area contributed by atoms with Crippen LogP contribution in [0.2, 0.25) is 0 Å². The Kier molecular flexibility index (Phi) is 2.85. The van der Waals surface area contributed by atoms with Gasteiger partial charge in [-0.05, 0) is 26.0 Å². The molecule has 1 N–H and O–H groups in total. The number of hydrogen-bond acceptors (Lipinski definition) is 3. The summed E-state index contributed by atoms with van der Waals surface area (Å²) in [4.78, 5) is 0. The van der Waals surface area contributed by atoms with Gasteiger partial charge in [-0.1, -0.05) is 0 Å². The molecule has 0 aliphatic heterocycles. The zero-order valence-corrected chi connectivity index (χ0v) is 8.84. The van der Waals surface area contributed by atoms with Crippen LogP contribution in [0.25, 0.3) is 0 Å². The van der Waals surface area contributed by atoms with E-state index in [1.54, 1.807) is 13.8 Å². The Morgan fingerprint density at radius 2 is 2.07 bits per heavy atom. The van der Waals surface area contributed by atoms with Gasteiger partial charge in [-0.15, -0.1) is 0 Å². The lowest BCUT2D eigenvalue weighted by Crippen LogP contribution is -2.17. The van der Waals surface area contributed by atoms with Gasteiger partial charge in [-0.2, -0.15) is 5.26 Å². The van der Waals surface area contributed by atoms with Gasteiger partial charge in [-0.3, -0.25) is 0 Å². The van der Waals surface area contributed by atoms with Crippen LogP contribution >= 0.6 is 0 Å². The SMILES string of the molecule is COc1ccc(O)c(F)c1C(C)(C)C#N. The number of rotatable bonds is 2. The minimum Gasteiger partial charge on any atom is -0.505 e. The molecule has 0 aliphatic carbocycles. The highest BCUT2D eigenvalue weighted by Gasteiger charge is 2.29. The monoisotopic (exact) mass is 209 g/mol. The zero-order chi connectivity index (χ0) is 11.6. The van der Waals surface area contributed by atoms with Gasteiger partial charge in [0.2, 0.25) is 0 Å². The second-order valence-electron chi connectivity index (χ2n) is 3.71. The van der Waals surface area contributed by atoms with Crippen molar-refractivity contribution in [3.05, 3.63) is 23.5 Å². The molecule has 0 fully saturated rings. The molecule has 0 saturated heterocycles. The molecule has 0 spiro atoms. The molecule has 15 heavy (non-hydrogen) atoms. The number of benzene rings is 1. The van der Waals surface area contributed by atoms with Gasteiger partial charge in [-0.25, -0.2) is 4.39 Å². The van der Waals surface area contributed by atoms with Crippen LogP contribution in [0, 0.1) is 17.1 Å². The van der Waals surface area contributed by atoms with Crippen molar-refractivity contribution in [3.63, 3.8) is 0 Å². The lowest BCUT2D eigenvalue weighted by atomic mass is 9.85. The van der Waals surface area contributed by atoms with E-state index in [9.17, 15) is 9.50 Å². The Labute approximate surface area is 87.7 Å². The fourth-order valence-corrected chi connectivity index (χ4v) is 1.36. The van der Waals surface area contributed by atoms with Crippen LogP contribution in [-0.4, -0.2) is 12.2 Å². The fraction of sp³-hybridized carbons (Fsp3) is 0.364. The summed E-state index contributed by atoms with van der Waals surface area (Å²) in [5.41, 5.74) is -0.971. The maximum Gasteiger partial charge on any atom is 0.173 e. The summed E-state index contributed by atoms with van der Waals surface area (Å²) >= 11 is 0. The number of phenolic OH excluding ortho intramolecular Hbond substituents is 1. The predicted octanol–water partition coefficient (Wildman–Crippen LogP) is 2.34. The molecule has 0 radical (unpaired) electrons. The highest BCUT2D eigenvalue weighted by Crippen LogP contribution is 2.36. The van der Waals surface area contributed by atoms with Crippen molar-refractivity contribution >= 4 is 0 Å². The smallest absolute Gasteiger partial charge is 0.173 e. The molecule has 0 amide bonds. The number of methoxy groups -OCH3 is 1. The van der Waals surface area contributed by atoms with Crippen LogP contribution < -0.4 is 4.74 Å². The van der Waals surface area contributed by atoms with Crippen LogP contribution in [-0.2, 0) is 5.41 Å². The van der Waals surface area contributed by atoms with E-state index < -0.39 is 17.0 Å². The molecule has 0 unspecified atom stereocenters. The van der Waals surface area contributed by atoms with Crippen LogP contribution in [0.5, 0.6) is 11.5 Å². The number of halogens is 1. The number of phenols is 1. The molecule has 3 nitrogen and oxygen atoms in total. The first-order valence-electron chi connectivity index (χ1n) is 4.41. The highest BCUT2D eigenvalue weighted by atomic mass is 19.1. The van der Waals surface area contributed by atoms with Gasteiger partial charge in [0.05, 0.1) is 24.2 Å². The van der Waals surface area contributed by atoms with Gasteiger partial charge < -0.3 is 9.84 Å². The van der Waals surface area contributed by atoms with Crippen molar-refractivity contribution in [2.75, 3.05) is 7.11 Å². The zero-order valence-electron chi connectivity index (χ0n) is 8.84. The van der Waals surface area contributed by atoms with Crippen molar-refractivity contribution in [2.24, 2.45) is 0 Å². The number of hydrogen-bond donors (Lipinski definition) is 1. The van der Waals surface area contributed by atoms with Crippen molar-refractivity contribution in [1.29, 1.82) is 5.26 Å². The van der Waals surface area contributed by atoms with E-state index in [2.05, 4.69) is 0 Å². The molecule has 1 aromatic carbocycles. The first-order valence-corrected chi connectivity index (χ1v) is 4.41. The number of nitrogens with zero attached hydrogens (tertiary/aromatic N) is 1. The molecule has 4 heteroatoms. The molecule has 0 saturated carbocycles. The van der Waals surface area contributed by atoms with Gasteiger partial charge in [0, 0.05) is 0 Å². The maximum absolute atomic E-state index is 13.7. The van der Waals surface area contributed by atoms with E-state index in [-0.39, 0.29) is 11.3 Å². The third-order valence-electron chi connectivity index (χ3n) is 2.21. The Hall–Kier alpha value is -1.76. The van der Waals surface area contributed by atoms with Crippen molar-refractivity contribution in [2.45, 2.75) is 19.3 Å². The Bertz CT molecular complexity index is 421. The fourth-order valence-electron chi connectivity index (χ4n) is 1.36. The summed E-state index contributed by atoms with van der Waals surface area (Å²) in [6.07, 6.45) is 0. The average Bonchev–Trinajstić information content (AvgIpc) is 2.21. The summed E-state index contributed by atoms with van der Waals surface area (Å²) < 4.78 is 18.6. The average molecular weight is 209 g/mol. The largest absolute Gasteiger partial charge is 0.505 e. The van der Waals surface area contributed by atoms with Gasteiger partial charge >= 0.3 is 0 Å². The third-order valence-corrected chi connectivity index (χ3v) is 2.21. The van der Waals surface area contributed by atoms with E-state index in [1.807, 2.05) is 6.07 Å². The molecule has 0 bridgehead atoms. The summed E-state index contributed by atoms with van der Waals surface area (Å²) in [6, 6.07) is 4.61. The summed E-state index contributed by atoms with van der Waals surface area (Å²) in [5, 5.41) is 18.2. The van der Waals surface area contributed by atoms with Gasteiger partial charge in [0.1, 0.15) is 5.75 Å². The molecule has 0 aromatic heterocycles. The number of nitriles is 1. The van der Waals surface area contributed by atoms with E-state index in [1.165, 1.54) is 19.2 Å². The lowest BCUT2D eigenvalue weighted by molar-refractivity contribution is 0.380. The second-order valence-corrected chi connectivity index (χ2v) is 3.71. The maximum atomic E-state index is 13.7. The number of ether oxygens (including phenoxy) is 1. The molecule has 1 aromatic rings. The van der Waals surface area contributed by atoms with Crippen molar-refractivity contribution in [1.82, 2.24) is 0 Å². The summed E-state index contributed by atoms with van der Waals surface area (Å²) in [5.74, 6) is -1.02. The highest BCUT2D eigenvalue weighted by molar-refractivity contribution is 5.48. The van der Waals surface area contributed by atoms with E-state index >= 15 is 0 Å². The lowest BCUT2D eigenvalue weighted by Gasteiger charge is -2.20. The summed E-state index contributed by atoms with van der Waals surface area (Å²) in [7, 11) is 1.39. The Morgan fingerprint density at radius 1 is 1.47 bits per heavy atom. The minimum absolute atomic E-state index is 0.0764. The van der Waals surface area contributed by atoms with Crippen molar-refractivity contribution in [3.8, 4) is 17.6 Å². The second kappa shape index (κ2) is 3.77. The Balaban J connectivity index is 3.51. The number of aromatic hydroxyl groups is 1. The molecule has 0 aliphatic rings. The Morgan fingerprint density at radius 3 is 2.53 bits per heavy atom. The van der Waals surface area contributed by atoms with Crippen LogP contribution in [0.1, 0.15) is 19.4 Å². The third kappa shape index (κ3) is 1.86. The van der Waals surface area contributed by atoms with Gasteiger partial charge in [0.15, 0.2) is 11.6 Å². The van der Waals surface area contributed by atoms with Crippen LogP contribution in [0.15, 0.2) is 12.1 Å². The van der Waals surface area contributed by atoms with Crippen molar-refractivity contribution < 1.29 is 14.2 Å². The predicted molar refractivity (Wildman–Crippen MR) is 53.3 cm³/mol. The molecule has 80 valence electrons. The van der Waals surface area contributed by atoms with E-state index in [0.29, 0.717) is 0 Å². The molecule has 0 heterocycles. The first-order chi connectivity index (χ1) is 6.94.